The van der Waals surface area contributed by atoms with Gasteiger partial charge in [-0.15, -0.1) is 0 Å². The molecular weight excluding hydrogens is 492 g/mol. The van der Waals surface area contributed by atoms with Crippen molar-refractivity contribution in [2.75, 3.05) is 0 Å². The third-order valence-electron chi connectivity index (χ3n) is 11.8. The first kappa shape index (κ1) is 31.1. The van der Waals surface area contributed by atoms with Gasteiger partial charge in [0.15, 0.2) is 0 Å². The molecule has 224 valence electrons. The summed E-state index contributed by atoms with van der Waals surface area (Å²) >= 11 is 0. The molecule has 9 atom stereocenters. The molecule has 1 aliphatic heterocycles. The molecule has 0 radical (unpaired) electrons. The zero-order valence-corrected chi connectivity index (χ0v) is 26.5. The molecule has 2 fully saturated rings. The fourth-order valence-corrected chi connectivity index (χ4v) is 9.10. The summed E-state index contributed by atoms with van der Waals surface area (Å²) in [7, 11) is 0. The number of allylic oxidation sites excluding steroid dienone is 2. The maximum Gasteiger partial charge on any atom is 0.306 e. The van der Waals surface area contributed by atoms with E-state index in [4.69, 9.17) is 4.74 Å². The number of nitrogens with one attached hydrogen (secondary N) is 1. The highest BCUT2D eigenvalue weighted by atomic mass is 16.5. The lowest BCUT2D eigenvalue weighted by atomic mass is 9.53. The van der Waals surface area contributed by atoms with Crippen LogP contribution in [0.1, 0.15) is 131 Å². The average Bonchev–Trinajstić information content (AvgIpc) is 3.30. The largest absolute Gasteiger partial charge is 0.462 e. The van der Waals surface area contributed by atoms with Crippen LogP contribution in [0.25, 0.3) is 0 Å². The molecule has 3 aliphatic carbocycles. The number of rotatable bonds is 10. The molecule has 4 rings (SSSR count). The Bertz CT molecular complexity index is 975. The van der Waals surface area contributed by atoms with Crippen LogP contribution in [0, 0.1) is 46.8 Å². The van der Waals surface area contributed by atoms with Crippen LogP contribution in [0.15, 0.2) is 34.3 Å². The minimum atomic E-state index is -0.0947. The number of carbonyl (C=O) groups is 1. The van der Waals surface area contributed by atoms with E-state index >= 15 is 0 Å². The quantitative estimate of drug-likeness (QED) is 0.167. The number of aliphatic imine (C=N–C) groups is 1. The lowest BCUT2D eigenvalue weighted by molar-refractivity contribution is -0.149. The smallest absolute Gasteiger partial charge is 0.306 e. The maximum atomic E-state index is 12.7. The van der Waals surface area contributed by atoms with Gasteiger partial charge in [-0.3, -0.25) is 4.79 Å². The van der Waals surface area contributed by atoms with Gasteiger partial charge in [-0.2, -0.15) is 0 Å². The first-order valence-corrected chi connectivity index (χ1v) is 16.8. The highest BCUT2D eigenvalue weighted by molar-refractivity contribution is 5.70. The number of ether oxygens (including phenoxy) is 1. The number of fused-ring (bicyclic) bond motifs is 3. The van der Waals surface area contributed by atoms with Gasteiger partial charge in [0.25, 0.3) is 0 Å². The number of hydrogen-bond acceptors (Lipinski definition) is 4. The molecule has 4 heteroatoms. The molecular formula is C36H58N2O2. The highest BCUT2D eigenvalue weighted by Gasteiger charge is 2.55. The molecule has 0 aromatic heterocycles. The summed E-state index contributed by atoms with van der Waals surface area (Å²) in [6.45, 7) is 14.8. The molecule has 40 heavy (non-hydrogen) atoms. The van der Waals surface area contributed by atoms with E-state index in [0.717, 1.165) is 60.5 Å². The average molecular weight is 551 g/mol. The third kappa shape index (κ3) is 7.72. The Labute approximate surface area is 245 Å². The van der Waals surface area contributed by atoms with E-state index in [1.54, 1.807) is 12.5 Å². The summed E-state index contributed by atoms with van der Waals surface area (Å²) in [5.41, 5.74) is 5.88. The minimum Gasteiger partial charge on any atom is -0.462 e. The van der Waals surface area contributed by atoms with Crippen molar-refractivity contribution in [3.63, 3.8) is 0 Å². The molecule has 2 saturated carbocycles. The molecule has 0 amide bonds. The van der Waals surface area contributed by atoms with Gasteiger partial charge in [0.05, 0.1) is 24.7 Å². The van der Waals surface area contributed by atoms with Crippen LogP contribution in [0.2, 0.25) is 0 Å². The van der Waals surface area contributed by atoms with Crippen molar-refractivity contribution >= 4 is 12.3 Å². The molecule has 1 heterocycles. The molecule has 0 bridgehead atoms. The zero-order valence-electron chi connectivity index (χ0n) is 26.5. The van der Waals surface area contributed by atoms with E-state index in [-0.39, 0.29) is 12.1 Å². The summed E-state index contributed by atoms with van der Waals surface area (Å²) in [5, 5.41) is 3.06. The molecule has 1 N–H and O–H groups in total. The van der Waals surface area contributed by atoms with E-state index in [9.17, 15) is 4.79 Å². The van der Waals surface area contributed by atoms with Crippen LogP contribution >= 0.6 is 0 Å². The van der Waals surface area contributed by atoms with E-state index in [0.29, 0.717) is 24.2 Å². The van der Waals surface area contributed by atoms with Crippen LogP contribution in [-0.4, -0.2) is 18.4 Å². The first-order chi connectivity index (χ1) is 19.2. The Hall–Kier alpha value is -1.80. The Morgan fingerprint density at radius 1 is 1.18 bits per heavy atom. The number of carbonyl (C=O) groups excluding carboxylic acids is 1. The summed E-state index contributed by atoms with van der Waals surface area (Å²) < 4.78 is 6.06. The van der Waals surface area contributed by atoms with Crippen LogP contribution in [0.4, 0.5) is 0 Å². The minimum absolute atomic E-state index is 0.00542. The Morgan fingerprint density at radius 2 is 2.00 bits per heavy atom. The van der Waals surface area contributed by atoms with Crippen LogP contribution < -0.4 is 5.32 Å². The predicted octanol–water partition coefficient (Wildman–Crippen LogP) is 9.37. The van der Waals surface area contributed by atoms with Gasteiger partial charge in [-0.05, 0) is 98.7 Å². The van der Waals surface area contributed by atoms with Crippen LogP contribution in [0.5, 0.6) is 0 Å². The van der Waals surface area contributed by atoms with Crippen molar-refractivity contribution in [3.05, 3.63) is 29.3 Å². The number of esters is 1. The van der Waals surface area contributed by atoms with E-state index in [2.05, 4.69) is 63.7 Å². The highest BCUT2D eigenvalue weighted by Crippen LogP contribution is 2.63. The van der Waals surface area contributed by atoms with Gasteiger partial charge in [0.2, 0.25) is 0 Å². The Balaban J connectivity index is 1.37. The Morgan fingerprint density at radius 3 is 2.75 bits per heavy atom. The van der Waals surface area contributed by atoms with E-state index in [1.165, 1.54) is 63.4 Å². The topological polar surface area (TPSA) is 50.7 Å². The van der Waals surface area contributed by atoms with Gasteiger partial charge in [0, 0.05) is 12.8 Å². The van der Waals surface area contributed by atoms with Crippen molar-refractivity contribution < 1.29 is 9.53 Å². The second-order valence-corrected chi connectivity index (χ2v) is 14.4. The Kier molecular flexibility index (Phi) is 11.2. The van der Waals surface area contributed by atoms with Gasteiger partial charge in [-0.25, -0.2) is 4.99 Å². The monoisotopic (exact) mass is 550 g/mol. The summed E-state index contributed by atoms with van der Waals surface area (Å²) in [6.07, 6.45) is 22.2. The molecule has 0 aromatic carbocycles. The van der Waals surface area contributed by atoms with Gasteiger partial charge < -0.3 is 10.1 Å². The normalized spacial score (nSPS) is 36.8. The molecule has 0 spiro atoms. The summed E-state index contributed by atoms with van der Waals surface area (Å²) in [4.78, 5) is 16.7. The third-order valence-corrected chi connectivity index (χ3v) is 11.8. The van der Waals surface area contributed by atoms with Crippen LogP contribution in [-0.2, 0) is 9.53 Å². The van der Waals surface area contributed by atoms with Crippen LogP contribution in [0.3, 0.4) is 0 Å². The second-order valence-electron chi connectivity index (χ2n) is 14.4. The first-order valence-electron chi connectivity index (χ1n) is 16.8. The van der Waals surface area contributed by atoms with Gasteiger partial charge >= 0.3 is 5.97 Å². The van der Waals surface area contributed by atoms with Crippen molar-refractivity contribution in [2.45, 2.75) is 138 Å². The fraction of sp³-hybridized carbons (Fsp3) is 0.806. The van der Waals surface area contributed by atoms with Crippen molar-refractivity contribution in [1.29, 1.82) is 0 Å². The summed E-state index contributed by atoms with van der Waals surface area (Å²) in [5.74, 6) is 5.71. The molecule has 0 aromatic rings. The van der Waals surface area contributed by atoms with Gasteiger partial charge in [0.1, 0.15) is 6.10 Å². The maximum absolute atomic E-state index is 12.7. The molecule has 9 unspecified atom stereocenters. The predicted molar refractivity (Wildman–Crippen MR) is 167 cm³/mol. The van der Waals surface area contributed by atoms with Gasteiger partial charge in [-0.1, -0.05) is 77.7 Å². The number of nitrogens with zero attached hydrogens (tertiary/aromatic N) is 1. The molecule has 4 aliphatic rings. The fourth-order valence-electron chi connectivity index (χ4n) is 9.10. The van der Waals surface area contributed by atoms with Crippen molar-refractivity contribution in [3.8, 4) is 0 Å². The lowest BCUT2D eigenvalue weighted by Crippen LogP contribution is -2.44. The number of hydrogen-bond donors (Lipinski definition) is 1. The standard InChI is InChI=1S/C36H58N2O2/c1-7-25(2)9-8-10-28(5)33-16-17-34-32-15-11-26(3)23-30(14-12-27(4)31(32)19-21-36(33,34)6)40-35(39)18-13-29-20-22-37-24-38-29/h11,22,24-25,27-28,30-34H,7-10,12-19,21,23H2,1-6H3,(H,37,38)/b26-11+. The van der Waals surface area contributed by atoms with E-state index in [1.807, 2.05) is 0 Å². The SMILES string of the molecule is CCC(C)CCCC(C)C1CCC2C3C/C=C(\C)CC(OC(=O)CCC4=C=CN=CN4)CCC(C)C3CCC12C. The second kappa shape index (κ2) is 14.4. The van der Waals surface area contributed by atoms with Crippen molar-refractivity contribution in [1.82, 2.24) is 5.32 Å². The zero-order chi connectivity index (χ0) is 28.7. The molecule has 0 saturated heterocycles. The van der Waals surface area contributed by atoms with E-state index < -0.39 is 0 Å². The lowest BCUT2D eigenvalue weighted by Gasteiger charge is -2.51. The summed E-state index contributed by atoms with van der Waals surface area (Å²) in [6, 6.07) is 0. The van der Waals surface area contributed by atoms with Crippen molar-refractivity contribution in [2.24, 2.45) is 51.8 Å². The molecule has 4 nitrogen and oxygen atoms in total.